The van der Waals surface area contributed by atoms with Crippen LogP contribution >= 0.6 is 0 Å². The van der Waals surface area contributed by atoms with Crippen LogP contribution in [0, 0.1) is 5.92 Å². The van der Waals surface area contributed by atoms with Crippen LogP contribution in [0.4, 0.5) is 0 Å². The molecule has 1 heteroatoms. The van der Waals surface area contributed by atoms with Gasteiger partial charge in [0.2, 0.25) is 0 Å². The average molecular weight is 177 g/mol. The van der Waals surface area contributed by atoms with Crippen molar-refractivity contribution >= 4 is 0 Å². The minimum Gasteiger partial charge on any atom is -0.348 e. The molecular weight excluding hydrogens is 158 g/mol. The van der Waals surface area contributed by atoms with E-state index in [0.717, 1.165) is 18.2 Å². The molecule has 1 aliphatic heterocycles. The fraction of sp³-hybridized carbons (Fsp3) is 0.500. The van der Waals surface area contributed by atoms with E-state index in [1.807, 2.05) is 0 Å². The molecule has 72 valence electrons. The third kappa shape index (κ3) is 3.10. The van der Waals surface area contributed by atoms with Gasteiger partial charge in [0.05, 0.1) is 0 Å². The van der Waals surface area contributed by atoms with E-state index in [1.54, 1.807) is 0 Å². The van der Waals surface area contributed by atoms with Crippen molar-refractivity contribution in [3.8, 4) is 0 Å². The van der Waals surface area contributed by atoms with Gasteiger partial charge in [0, 0.05) is 18.4 Å². The molecule has 0 aromatic carbocycles. The molecule has 0 saturated carbocycles. The van der Waals surface area contributed by atoms with Gasteiger partial charge < -0.3 is 4.90 Å². The Bertz CT molecular complexity index is 246. The highest BCUT2D eigenvalue weighted by Crippen LogP contribution is 2.16. The third-order valence-electron chi connectivity index (χ3n) is 2.21. The van der Waals surface area contributed by atoms with E-state index in [2.05, 4.69) is 50.6 Å². The Balaban J connectivity index is 2.50. The fourth-order valence-corrected chi connectivity index (χ4v) is 1.30. The molecule has 0 spiro atoms. The summed E-state index contributed by atoms with van der Waals surface area (Å²) in [5, 5.41) is 0. The number of allylic oxidation sites excluding steroid dienone is 3. The highest BCUT2D eigenvalue weighted by molar-refractivity contribution is 5.30. The second-order valence-corrected chi connectivity index (χ2v) is 4.07. The minimum absolute atomic E-state index is 0.757. The number of hydrogen-bond donors (Lipinski definition) is 0. The molecule has 0 aliphatic carbocycles. The fourth-order valence-electron chi connectivity index (χ4n) is 1.30. The molecule has 0 radical (unpaired) electrons. The van der Waals surface area contributed by atoms with Crippen LogP contribution in [-0.2, 0) is 0 Å². The Morgan fingerprint density at radius 2 is 2.08 bits per heavy atom. The first-order chi connectivity index (χ1) is 6.09. The summed E-state index contributed by atoms with van der Waals surface area (Å²) in [6.07, 6.45) is 7.57. The number of rotatable bonds is 3. The summed E-state index contributed by atoms with van der Waals surface area (Å²) in [6, 6.07) is 0. The summed E-state index contributed by atoms with van der Waals surface area (Å²) in [6.45, 7) is 11.7. The van der Waals surface area contributed by atoms with E-state index in [0.29, 0.717) is 0 Å². The second kappa shape index (κ2) is 4.31. The van der Waals surface area contributed by atoms with Crippen LogP contribution in [0.25, 0.3) is 0 Å². The van der Waals surface area contributed by atoms with Crippen LogP contribution in [-0.4, -0.2) is 11.4 Å². The zero-order chi connectivity index (χ0) is 9.84. The van der Waals surface area contributed by atoms with Crippen LogP contribution in [0.5, 0.6) is 0 Å². The standard InChI is InChI=1S/C12H19N/c1-10(2)7-8-13-9-11(3)5-6-12(13)4/h5-6,9-10H,4,7-8H2,1-3H3. The summed E-state index contributed by atoms with van der Waals surface area (Å²) < 4.78 is 0. The molecule has 0 N–H and O–H groups in total. The van der Waals surface area contributed by atoms with Gasteiger partial charge in [-0.25, -0.2) is 0 Å². The zero-order valence-electron chi connectivity index (χ0n) is 8.88. The van der Waals surface area contributed by atoms with Gasteiger partial charge in [-0.05, 0) is 30.9 Å². The van der Waals surface area contributed by atoms with E-state index < -0.39 is 0 Å². The number of hydrogen-bond acceptors (Lipinski definition) is 1. The second-order valence-electron chi connectivity index (χ2n) is 4.07. The van der Waals surface area contributed by atoms with E-state index in [-0.39, 0.29) is 0 Å². The molecular formula is C12H19N. The normalized spacial score (nSPS) is 16.8. The van der Waals surface area contributed by atoms with Crippen LogP contribution < -0.4 is 0 Å². The Kier molecular flexibility index (Phi) is 3.35. The van der Waals surface area contributed by atoms with Crippen molar-refractivity contribution in [2.24, 2.45) is 5.92 Å². The van der Waals surface area contributed by atoms with Crippen molar-refractivity contribution in [3.63, 3.8) is 0 Å². The molecule has 1 aliphatic rings. The van der Waals surface area contributed by atoms with Crippen molar-refractivity contribution in [2.45, 2.75) is 27.2 Å². The highest BCUT2D eigenvalue weighted by atomic mass is 15.1. The van der Waals surface area contributed by atoms with Crippen molar-refractivity contribution in [1.82, 2.24) is 4.90 Å². The van der Waals surface area contributed by atoms with Gasteiger partial charge in [-0.15, -0.1) is 0 Å². The van der Waals surface area contributed by atoms with Crippen LogP contribution in [0.2, 0.25) is 0 Å². The van der Waals surface area contributed by atoms with Crippen LogP contribution in [0.1, 0.15) is 27.2 Å². The van der Waals surface area contributed by atoms with Crippen LogP contribution in [0.15, 0.2) is 36.2 Å². The van der Waals surface area contributed by atoms with Gasteiger partial charge >= 0.3 is 0 Å². The molecule has 0 bridgehead atoms. The molecule has 0 saturated heterocycles. The quantitative estimate of drug-likeness (QED) is 0.639. The SMILES string of the molecule is C=C1C=CC(C)=CN1CCC(C)C. The lowest BCUT2D eigenvalue weighted by Crippen LogP contribution is -2.19. The Morgan fingerprint density at radius 3 is 2.69 bits per heavy atom. The molecule has 0 atom stereocenters. The maximum absolute atomic E-state index is 4.00. The lowest BCUT2D eigenvalue weighted by molar-refractivity contribution is 0.417. The van der Waals surface area contributed by atoms with Crippen LogP contribution in [0.3, 0.4) is 0 Å². The maximum atomic E-state index is 4.00. The molecule has 1 rings (SSSR count). The van der Waals surface area contributed by atoms with E-state index in [1.165, 1.54) is 12.0 Å². The summed E-state index contributed by atoms with van der Waals surface area (Å²) in [7, 11) is 0. The van der Waals surface area contributed by atoms with Gasteiger partial charge in [0.25, 0.3) is 0 Å². The monoisotopic (exact) mass is 177 g/mol. The first-order valence-corrected chi connectivity index (χ1v) is 4.91. The van der Waals surface area contributed by atoms with Gasteiger partial charge in [0.1, 0.15) is 0 Å². The summed E-state index contributed by atoms with van der Waals surface area (Å²) in [5.74, 6) is 0.757. The van der Waals surface area contributed by atoms with E-state index in [4.69, 9.17) is 0 Å². The zero-order valence-corrected chi connectivity index (χ0v) is 8.88. The third-order valence-corrected chi connectivity index (χ3v) is 2.21. The molecule has 1 nitrogen and oxygen atoms in total. The van der Waals surface area contributed by atoms with E-state index in [9.17, 15) is 0 Å². The summed E-state index contributed by atoms with van der Waals surface area (Å²) >= 11 is 0. The lowest BCUT2D eigenvalue weighted by atomic mass is 10.1. The summed E-state index contributed by atoms with van der Waals surface area (Å²) in [4.78, 5) is 2.23. The van der Waals surface area contributed by atoms with Gasteiger partial charge in [-0.2, -0.15) is 0 Å². The van der Waals surface area contributed by atoms with E-state index >= 15 is 0 Å². The topological polar surface area (TPSA) is 3.24 Å². The highest BCUT2D eigenvalue weighted by Gasteiger charge is 2.06. The van der Waals surface area contributed by atoms with Crippen molar-refractivity contribution in [1.29, 1.82) is 0 Å². The van der Waals surface area contributed by atoms with Crippen molar-refractivity contribution in [3.05, 3.63) is 36.2 Å². The molecule has 0 fully saturated rings. The lowest BCUT2D eigenvalue weighted by Gasteiger charge is -2.25. The predicted octanol–water partition coefficient (Wildman–Crippen LogP) is 3.32. The maximum Gasteiger partial charge on any atom is 0.0333 e. The Morgan fingerprint density at radius 1 is 1.38 bits per heavy atom. The molecule has 1 heterocycles. The average Bonchev–Trinajstić information content (AvgIpc) is 2.06. The molecule has 0 unspecified atom stereocenters. The molecule has 13 heavy (non-hydrogen) atoms. The van der Waals surface area contributed by atoms with Gasteiger partial charge in [-0.3, -0.25) is 0 Å². The number of nitrogens with zero attached hydrogens (tertiary/aromatic N) is 1. The smallest absolute Gasteiger partial charge is 0.0333 e. The molecule has 0 aromatic heterocycles. The predicted molar refractivity (Wildman–Crippen MR) is 58.2 cm³/mol. The molecule has 0 amide bonds. The summed E-state index contributed by atoms with van der Waals surface area (Å²) in [5.41, 5.74) is 2.41. The van der Waals surface area contributed by atoms with Gasteiger partial charge in [0.15, 0.2) is 0 Å². The van der Waals surface area contributed by atoms with Gasteiger partial charge in [-0.1, -0.05) is 26.5 Å². The van der Waals surface area contributed by atoms with Crippen molar-refractivity contribution < 1.29 is 0 Å². The molecule has 0 aromatic rings. The Hall–Kier alpha value is -0.980. The first kappa shape index (κ1) is 10.1. The largest absolute Gasteiger partial charge is 0.348 e. The van der Waals surface area contributed by atoms with Crippen molar-refractivity contribution in [2.75, 3.05) is 6.54 Å². The Labute approximate surface area is 81.4 Å². The minimum atomic E-state index is 0.757. The first-order valence-electron chi connectivity index (χ1n) is 4.91.